The van der Waals surface area contributed by atoms with Crippen molar-refractivity contribution in [1.82, 2.24) is 0 Å². The van der Waals surface area contributed by atoms with Crippen LogP contribution >= 0.6 is 0 Å². The van der Waals surface area contributed by atoms with Gasteiger partial charge in [-0.3, -0.25) is 4.79 Å². The summed E-state index contributed by atoms with van der Waals surface area (Å²) in [4.78, 5) is 22.4. The molecule has 0 aromatic heterocycles. The average Bonchev–Trinajstić information content (AvgIpc) is 2.41. The zero-order valence-electron chi connectivity index (χ0n) is 9.91. The first-order chi connectivity index (χ1) is 8.81. The molecule has 1 unspecified atom stereocenters. The lowest BCUT2D eigenvalue weighted by molar-refractivity contribution is -0.125. The summed E-state index contributed by atoms with van der Waals surface area (Å²) in [5.41, 5.74) is 1.52. The molecule has 0 spiro atoms. The van der Waals surface area contributed by atoms with Crippen molar-refractivity contribution >= 4 is 12.1 Å². The number of carbonyl (C=O) groups excluding carboxylic acids is 2. The van der Waals surface area contributed by atoms with Gasteiger partial charge in [0, 0.05) is 12.0 Å². The molecular weight excluding hydrogens is 228 g/mol. The van der Waals surface area contributed by atoms with Gasteiger partial charge in [-0.25, -0.2) is 0 Å². The molecule has 0 saturated carbocycles. The van der Waals surface area contributed by atoms with Crippen LogP contribution in [0.25, 0.3) is 0 Å². The van der Waals surface area contributed by atoms with Crippen molar-refractivity contribution in [2.45, 2.75) is 19.1 Å². The molecule has 3 nitrogen and oxygen atoms in total. The number of benzene rings is 1. The van der Waals surface area contributed by atoms with Gasteiger partial charge in [-0.1, -0.05) is 42.5 Å². The fourth-order valence-corrected chi connectivity index (χ4v) is 1.77. The van der Waals surface area contributed by atoms with Crippen LogP contribution < -0.4 is 0 Å². The van der Waals surface area contributed by atoms with E-state index in [1.54, 1.807) is 18.2 Å². The lowest BCUT2D eigenvalue weighted by atomic mass is 9.99. The summed E-state index contributed by atoms with van der Waals surface area (Å²) in [5.74, 6) is -0.125. The van der Waals surface area contributed by atoms with Crippen molar-refractivity contribution in [3.63, 3.8) is 0 Å². The molecule has 18 heavy (non-hydrogen) atoms. The lowest BCUT2D eigenvalue weighted by Crippen LogP contribution is -2.25. The molecule has 0 heterocycles. The summed E-state index contributed by atoms with van der Waals surface area (Å²) in [6, 6.07) is 9.67. The van der Waals surface area contributed by atoms with Crippen molar-refractivity contribution < 1.29 is 14.3 Å². The van der Waals surface area contributed by atoms with E-state index in [1.165, 1.54) is 0 Å². The number of carbonyl (C=O) groups is 2. The molecule has 2 rings (SSSR count). The number of ether oxygens (including phenoxy) is 1. The standard InChI is InChI=1S/C15H14O3/c16-10-9-13-7-4-8-14(15(13)17)18-11-12-5-2-1-3-6-12/h1-8,10,14H,9,11H2. The first-order valence-corrected chi connectivity index (χ1v) is 5.82. The number of allylic oxidation sites excluding steroid dienone is 2. The Bertz CT molecular complexity index is 486. The van der Waals surface area contributed by atoms with Crippen molar-refractivity contribution in [2.24, 2.45) is 0 Å². The van der Waals surface area contributed by atoms with E-state index in [4.69, 9.17) is 4.74 Å². The second-order valence-corrected chi connectivity index (χ2v) is 4.03. The van der Waals surface area contributed by atoms with Crippen LogP contribution in [0.15, 0.2) is 54.1 Å². The Kier molecular flexibility index (Phi) is 4.20. The number of rotatable bonds is 5. The van der Waals surface area contributed by atoms with E-state index < -0.39 is 6.10 Å². The third-order valence-corrected chi connectivity index (χ3v) is 2.73. The number of hydrogen-bond donors (Lipinski definition) is 0. The molecule has 3 heteroatoms. The highest BCUT2D eigenvalue weighted by molar-refractivity contribution is 6.03. The Morgan fingerprint density at radius 1 is 1.22 bits per heavy atom. The molecule has 0 N–H and O–H groups in total. The highest BCUT2D eigenvalue weighted by atomic mass is 16.5. The van der Waals surface area contributed by atoms with Crippen LogP contribution in [0.1, 0.15) is 12.0 Å². The molecule has 1 atom stereocenters. The summed E-state index contributed by atoms with van der Waals surface area (Å²) in [7, 11) is 0. The van der Waals surface area contributed by atoms with Gasteiger partial charge < -0.3 is 9.53 Å². The second-order valence-electron chi connectivity index (χ2n) is 4.03. The minimum absolute atomic E-state index is 0.125. The van der Waals surface area contributed by atoms with E-state index in [9.17, 15) is 9.59 Å². The number of ketones is 1. The Balaban J connectivity index is 1.95. The van der Waals surface area contributed by atoms with E-state index >= 15 is 0 Å². The fraction of sp³-hybridized carbons (Fsp3) is 0.200. The minimum Gasteiger partial charge on any atom is -0.361 e. The largest absolute Gasteiger partial charge is 0.361 e. The van der Waals surface area contributed by atoms with E-state index in [1.807, 2.05) is 30.3 Å². The normalized spacial score (nSPS) is 18.6. The zero-order chi connectivity index (χ0) is 12.8. The monoisotopic (exact) mass is 242 g/mol. The second kappa shape index (κ2) is 6.07. The van der Waals surface area contributed by atoms with E-state index in [0.29, 0.717) is 12.2 Å². The molecule has 1 aliphatic rings. The first-order valence-electron chi connectivity index (χ1n) is 5.82. The van der Waals surface area contributed by atoms with Crippen LogP contribution in [0.2, 0.25) is 0 Å². The Morgan fingerprint density at radius 3 is 2.72 bits per heavy atom. The third-order valence-electron chi connectivity index (χ3n) is 2.73. The number of aldehydes is 1. The first kappa shape index (κ1) is 12.5. The maximum atomic E-state index is 11.9. The SMILES string of the molecule is O=CCC1=CC=CC(OCc2ccccc2)C1=O. The minimum atomic E-state index is -0.579. The summed E-state index contributed by atoms with van der Waals surface area (Å²) in [6.45, 7) is 0.385. The molecular formula is C15H14O3. The molecule has 0 saturated heterocycles. The van der Waals surface area contributed by atoms with Crippen LogP contribution in [0.3, 0.4) is 0 Å². The van der Waals surface area contributed by atoms with Crippen LogP contribution in [-0.4, -0.2) is 18.2 Å². The van der Waals surface area contributed by atoms with E-state index in [2.05, 4.69) is 0 Å². The third kappa shape index (κ3) is 3.02. The topological polar surface area (TPSA) is 43.4 Å². The highest BCUT2D eigenvalue weighted by Crippen LogP contribution is 2.15. The number of hydrogen-bond acceptors (Lipinski definition) is 3. The van der Waals surface area contributed by atoms with E-state index in [0.717, 1.165) is 11.8 Å². The molecule has 92 valence electrons. The Morgan fingerprint density at radius 2 is 2.00 bits per heavy atom. The zero-order valence-corrected chi connectivity index (χ0v) is 9.91. The van der Waals surface area contributed by atoms with Gasteiger partial charge in [0.2, 0.25) is 0 Å². The molecule has 1 aromatic carbocycles. The van der Waals surface area contributed by atoms with Gasteiger partial charge in [-0.15, -0.1) is 0 Å². The van der Waals surface area contributed by atoms with Gasteiger partial charge in [-0.2, -0.15) is 0 Å². The lowest BCUT2D eigenvalue weighted by Gasteiger charge is -2.17. The summed E-state index contributed by atoms with van der Waals surface area (Å²) >= 11 is 0. The van der Waals surface area contributed by atoms with Gasteiger partial charge in [0.1, 0.15) is 12.4 Å². The predicted molar refractivity (Wildman–Crippen MR) is 67.9 cm³/mol. The van der Waals surface area contributed by atoms with Gasteiger partial charge in [0.15, 0.2) is 5.78 Å². The molecule has 0 aliphatic heterocycles. The average molecular weight is 242 g/mol. The Labute approximate surface area is 106 Å². The van der Waals surface area contributed by atoms with Crippen LogP contribution in [-0.2, 0) is 20.9 Å². The van der Waals surface area contributed by atoms with Crippen molar-refractivity contribution in [2.75, 3.05) is 0 Å². The predicted octanol–water partition coefficient (Wildman–Crippen LogP) is 2.23. The fourth-order valence-electron chi connectivity index (χ4n) is 1.77. The van der Waals surface area contributed by atoms with Gasteiger partial charge >= 0.3 is 0 Å². The van der Waals surface area contributed by atoms with Crippen LogP contribution in [0.5, 0.6) is 0 Å². The maximum Gasteiger partial charge on any atom is 0.191 e. The van der Waals surface area contributed by atoms with Crippen LogP contribution in [0, 0.1) is 0 Å². The Hall–Kier alpha value is -2.00. The smallest absolute Gasteiger partial charge is 0.191 e. The van der Waals surface area contributed by atoms with Gasteiger partial charge in [0.25, 0.3) is 0 Å². The molecule has 1 aromatic rings. The summed E-state index contributed by atoms with van der Waals surface area (Å²) in [5, 5.41) is 0. The molecule has 0 bridgehead atoms. The highest BCUT2D eigenvalue weighted by Gasteiger charge is 2.22. The van der Waals surface area contributed by atoms with Gasteiger partial charge in [0.05, 0.1) is 6.61 Å². The van der Waals surface area contributed by atoms with E-state index in [-0.39, 0.29) is 12.2 Å². The summed E-state index contributed by atoms with van der Waals surface area (Å²) < 4.78 is 5.56. The quantitative estimate of drug-likeness (QED) is 0.744. The summed E-state index contributed by atoms with van der Waals surface area (Å²) in [6.07, 6.45) is 5.44. The van der Waals surface area contributed by atoms with Crippen molar-refractivity contribution in [3.05, 3.63) is 59.7 Å². The van der Waals surface area contributed by atoms with Gasteiger partial charge in [-0.05, 0) is 11.6 Å². The van der Waals surface area contributed by atoms with Crippen molar-refractivity contribution in [1.29, 1.82) is 0 Å². The molecule has 0 fully saturated rings. The maximum absolute atomic E-state index is 11.9. The van der Waals surface area contributed by atoms with Crippen LogP contribution in [0.4, 0.5) is 0 Å². The molecule has 1 aliphatic carbocycles. The molecule has 0 amide bonds. The molecule has 0 radical (unpaired) electrons. The van der Waals surface area contributed by atoms with Crippen molar-refractivity contribution in [3.8, 4) is 0 Å². The number of Topliss-reactive ketones (excluding diaryl/α,β-unsaturated/α-hetero) is 1.